The number of morpholine rings is 1. The summed E-state index contributed by atoms with van der Waals surface area (Å²) in [6.45, 7) is 7.61. The Kier molecular flexibility index (Phi) is 10.3. The third-order valence-corrected chi connectivity index (χ3v) is 5.78. The molecule has 1 aliphatic heterocycles. The van der Waals surface area contributed by atoms with E-state index < -0.39 is 16.8 Å². The Bertz CT molecular complexity index is 1220. The van der Waals surface area contributed by atoms with Crippen molar-refractivity contribution in [1.29, 1.82) is 5.26 Å². The first kappa shape index (κ1) is 27.5. The average molecular weight is 503 g/mol. The summed E-state index contributed by atoms with van der Waals surface area (Å²) in [5, 5.41) is 20.8. The maximum atomic E-state index is 12.7. The highest BCUT2D eigenvalue weighted by atomic mass is 16.6. The number of nitro benzene ring substituents is 1. The third kappa shape index (κ3) is 7.93. The molecule has 0 spiro atoms. The Morgan fingerprint density at radius 1 is 1.19 bits per heavy atom. The van der Waals surface area contributed by atoms with Crippen molar-refractivity contribution in [3.05, 3.63) is 105 Å². The van der Waals surface area contributed by atoms with E-state index in [-0.39, 0.29) is 23.4 Å². The fourth-order valence-electron chi connectivity index (χ4n) is 3.91. The Morgan fingerprint density at radius 3 is 2.46 bits per heavy atom. The summed E-state index contributed by atoms with van der Waals surface area (Å²) in [6, 6.07) is 19.7. The lowest BCUT2D eigenvalue weighted by molar-refractivity contribution is -0.385. The largest absolute Gasteiger partial charge is 0.465 e. The summed E-state index contributed by atoms with van der Waals surface area (Å²) >= 11 is 0. The Hall–Kier alpha value is -4.13. The maximum Gasteiger partial charge on any atom is 0.319 e. The molecule has 1 saturated heterocycles. The summed E-state index contributed by atoms with van der Waals surface area (Å²) in [7, 11) is 0. The van der Waals surface area contributed by atoms with Gasteiger partial charge in [0.2, 0.25) is 0 Å². The first-order valence-corrected chi connectivity index (χ1v) is 12.0. The second-order valence-corrected chi connectivity index (χ2v) is 8.46. The van der Waals surface area contributed by atoms with Gasteiger partial charge in [0.25, 0.3) is 5.69 Å². The molecule has 4 rings (SSSR count). The van der Waals surface area contributed by atoms with Crippen molar-refractivity contribution < 1.29 is 19.2 Å². The molecular weight excluding hydrogens is 472 g/mol. The van der Waals surface area contributed by atoms with Crippen LogP contribution in [0.25, 0.3) is 0 Å². The molecule has 1 aliphatic rings. The zero-order valence-electron chi connectivity index (χ0n) is 21.0. The smallest absolute Gasteiger partial charge is 0.319 e. The summed E-state index contributed by atoms with van der Waals surface area (Å²) in [4.78, 5) is 30.4. The molecule has 192 valence electrons. The molecule has 1 fully saturated rings. The number of nitrogens with zero attached hydrogens (tertiary/aromatic N) is 4. The summed E-state index contributed by atoms with van der Waals surface area (Å²) in [5.41, 5.74) is 2.66. The fraction of sp³-hybridized carbons (Fsp3) is 0.321. The molecule has 2 heterocycles. The number of carbonyl (C=O) groups excluding carboxylic acids is 1. The number of aromatic nitrogens is 1. The zero-order chi connectivity index (χ0) is 26.6. The molecule has 1 atom stereocenters. The molecule has 0 amide bonds. The van der Waals surface area contributed by atoms with Crippen molar-refractivity contribution in [3.8, 4) is 6.07 Å². The molecule has 0 aliphatic carbocycles. The maximum absolute atomic E-state index is 12.7. The van der Waals surface area contributed by atoms with Crippen LogP contribution < -0.4 is 0 Å². The van der Waals surface area contributed by atoms with Gasteiger partial charge in [0, 0.05) is 31.9 Å². The number of ether oxygens (including phenoxy) is 2. The Labute approximate surface area is 216 Å². The first-order valence-electron chi connectivity index (χ1n) is 12.0. The van der Waals surface area contributed by atoms with E-state index in [9.17, 15) is 20.2 Å². The number of nitro groups is 1. The van der Waals surface area contributed by atoms with Crippen LogP contribution in [0.4, 0.5) is 5.69 Å². The molecule has 0 bridgehead atoms. The molecule has 0 saturated carbocycles. The highest BCUT2D eigenvalue weighted by Crippen LogP contribution is 2.33. The minimum absolute atomic E-state index is 0.0888. The lowest BCUT2D eigenvalue weighted by atomic mass is 9.92. The molecule has 2 aromatic carbocycles. The second-order valence-electron chi connectivity index (χ2n) is 8.46. The van der Waals surface area contributed by atoms with Crippen LogP contribution in [0.5, 0.6) is 0 Å². The van der Waals surface area contributed by atoms with Crippen molar-refractivity contribution in [2.75, 3.05) is 32.9 Å². The van der Waals surface area contributed by atoms with Gasteiger partial charge in [-0.15, -0.1) is 0 Å². The zero-order valence-corrected chi connectivity index (χ0v) is 21.0. The van der Waals surface area contributed by atoms with Crippen LogP contribution in [-0.4, -0.2) is 53.7 Å². The highest BCUT2D eigenvalue weighted by molar-refractivity contribution is 5.83. The molecular formula is C28H30N4O5. The molecule has 0 N–H and O–H groups in total. The minimum atomic E-state index is -1.10. The average Bonchev–Trinajstić information content (AvgIpc) is 2.91. The molecule has 9 heteroatoms. The predicted octanol–water partition coefficient (Wildman–Crippen LogP) is 4.38. The SMILES string of the molecule is CCOC(=O)C(c1ccc(CN2CCOCC2)cn1)c1cc(C#N)ccc1[N+](=O)[O-].Cc1ccccc1. The van der Waals surface area contributed by atoms with Gasteiger partial charge in [-0.05, 0) is 37.6 Å². The van der Waals surface area contributed by atoms with E-state index in [1.807, 2.05) is 30.3 Å². The van der Waals surface area contributed by atoms with Gasteiger partial charge in [0.05, 0.1) is 47.6 Å². The van der Waals surface area contributed by atoms with E-state index >= 15 is 0 Å². The topological polar surface area (TPSA) is 119 Å². The lowest BCUT2D eigenvalue weighted by Crippen LogP contribution is -2.35. The monoisotopic (exact) mass is 502 g/mol. The number of aryl methyl sites for hydroxylation is 1. The van der Waals surface area contributed by atoms with Crippen LogP contribution in [-0.2, 0) is 20.8 Å². The van der Waals surface area contributed by atoms with E-state index in [4.69, 9.17) is 9.47 Å². The van der Waals surface area contributed by atoms with E-state index in [1.54, 1.807) is 19.2 Å². The van der Waals surface area contributed by atoms with Crippen molar-refractivity contribution in [2.45, 2.75) is 26.3 Å². The van der Waals surface area contributed by atoms with Crippen LogP contribution in [0, 0.1) is 28.4 Å². The number of hydrogen-bond acceptors (Lipinski definition) is 8. The van der Waals surface area contributed by atoms with Gasteiger partial charge >= 0.3 is 5.97 Å². The van der Waals surface area contributed by atoms with E-state index in [2.05, 4.69) is 28.9 Å². The van der Waals surface area contributed by atoms with Crippen LogP contribution in [0.3, 0.4) is 0 Å². The van der Waals surface area contributed by atoms with E-state index in [1.165, 1.54) is 23.8 Å². The summed E-state index contributed by atoms with van der Waals surface area (Å²) in [6.07, 6.45) is 1.66. The number of carbonyl (C=O) groups is 1. The normalized spacial score (nSPS) is 14.0. The molecule has 37 heavy (non-hydrogen) atoms. The predicted molar refractivity (Wildman–Crippen MR) is 138 cm³/mol. The van der Waals surface area contributed by atoms with Crippen molar-refractivity contribution >= 4 is 11.7 Å². The van der Waals surface area contributed by atoms with Crippen LogP contribution in [0.15, 0.2) is 66.9 Å². The molecule has 1 aromatic heterocycles. The first-order chi connectivity index (χ1) is 17.9. The Morgan fingerprint density at radius 2 is 1.92 bits per heavy atom. The second kappa shape index (κ2) is 13.8. The summed E-state index contributed by atoms with van der Waals surface area (Å²) in [5.74, 6) is -1.75. The Balaban J connectivity index is 0.000000468. The van der Waals surface area contributed by atoms with Gasteiger partial charge in [-0.3, -0.25) is 24.8 Å². The van der Waals surface area contributed by atoms with Gasteiger partial charge < -0.3 is 9.47 Å². The minimum Gasteiger partial charge on any atom is -0.465 e. The standard InChI is InChI=1S/C21H22N4O5.C7H8/c1-2-30-21(26)20(17-11-15(12-22)4-6-19(17)25(27)28)18-5-3-16(13-23-18)14-24-7-9-29-10-8-24;1-7-5-3-2-4-6-7/h3-6,11,13,20H,2,7-10,14H2,1H3;2-6H,1H3. The van der Waals surface area contributed by atoms with E-state index in [0.29, 0.717) is 25.5 Å². The number of pyridine rings is 1. The third-order valence-electron chi connectivity index (χ3n) is 5.78. The van der Waals surface area contributed by atoms with Gasteiger partial charge in [-0.1, -0.05) is 42.0 Å². The van der Waals surface area contributed by atoms with Gasteiger partial charge in [0.15, 0.2) is 0 Å². The fourth-order valence-corrected chi connectivity index (χ4v) is 3.91. The lowest BCUT2D eigenvalue weighted by Gasteiger charge is -2.26. The van der Waals surface area contributed by atoms with Gasteiger partial charge in [0.1, 0.15) is 5.92 Å². The van der Waals surface area contributed by atoms with Crippen molar-refractivity contribution in [3.63, 3.8) is 0 Å². The van der Waals surface area contributed by atoms with Crippen molar-refractivity contribution in [1.82, 2.24) is 9.88 Å². The van der Waals surface area contributed by atoms with Crippen LogP contribution in [0.1, 0.15) is 40.8 Å². The quantitative estimate of drug-likeness (QED) is 0.265. The number of rotatable bonds is 7. The number of hydrogen-bond donors (Lipinski definition) is 0. The number of nitriles is 1. The van der Waals surface area contributed by atoms with E-state index in [0.717, 1.165) is 18.7 Å². The van der Waals surface area contributed by atoms with Crippen LogP contribution in [0.2, 0.25) is 0 Å². The molecule has 3 aromatic rings. The van der Waals surface area contributed by atoms with Gasteiger partial charge in [-0.2, -0.15) is 5.26 Å². The van der Waals surface area contributed by atoms with Crippen molar-refractivity contribution in [2.24, 2.45) is 0 Å². The summed E-state index contributed by atoms with van der Waals surface area (Å²) < 4.78 is 10.5. The van der Waals surface area contributed by atoms with Crippen LogP contribution >= 0.6 is 0 Å². The number of esters is 1. The molecule has 1 unspecified atom stereocenters. The molecule has 9 nitrogen and oxygen atoms in total. The number of benzene rings is 2. The molecule has 0 radical (unpaired) electrons. The highest BCUT2D eigenvalue weighted by Gasteiger charge is 2.32. The van der Waals surface area contributed by atoms with Gasteiger partial charge in [-0.25, -0.2) is 0 Å².